The van der Waals surface area contributed by atoms with Gasteiger partial charge in [0.15, 0.2) is 0 Å². The van der Waals surface area contributed by atoms with Crippen LogP contribution < -0.4 is 5.19 Å². The van der Waals surface area contributed by atoms with Crippen LogP contribution in [-0.4, -0.2) is 8.80 Å². The van der Waals surface area contributed by atoms with Crippen molar-refractivity contribution in [2.45, 2.75) is 24.9 Å². The molecule has 0 fully saturated rings. The highest BCUT2D eigenvalue weighted by molar-refractivity contribution is 6.77. The molecule has 0 nitrogen and oxygen atoms in total. The van der Waals surface area contributed by atoms with Crippen molar-refractivity contribution in [3.8, 4) is 0 Å². The van der Waals surface area contributed by atoms with Gasteiger partial charge in [-0.05, 0) is 57.6 Å². The van der Waals surface area contributed by atoms with Crippen LogP contribution in [0.3, 0.4) is 0 Å². The van der Waals surface area contributed by atoms with Crippen molar-refractivity contribution in [1.82, 2.24) is 0 Å². The van der Waals surface area contributed by atoms with Crippen molar-refractivity contribution in [2.24, 2.45) is 0 Å². The van der Waals surface area contributed by atoms with Gasteiger partial charge in [0.05, 0.1) is 8.80 Å². The van der Waals surface area contributed by atoms with Gasteiger partial charge in [-0.3, -0.25) is 0 Å². The SMILES string of the molecule is CC1=Cc2c(ccc3ccccc23)C1[SiH](c1ccccc1)C1C(C)=Cc2c1ccc1ccccc21. The molecule has 1 heteroatoms. The Morgan fingerprint density at radius 3 is 1.46 bits per heavy atom. The largest absolute Gasteiger partial charge is 0.0944 e. The van der Waals surface area contributed by atoms with Crippen molar-refractivity contribution >= 4 is 47.7 Å². The lowest BCUT2D eigenvalue weighted by Gasteiger charge is -2.32. The second-order valence-corrected chi connectivity index (χ2v) is 13.3. The molecule has 0 spiro atoms. The Hall–Kier alpha value is -3.68. The predicted molar refractivity (Wildman–Crippen MR) is 154 cm³/mol. The third-order valence-corrected chi connectivity index (χ3v) is 12.7. The van der Waals surface area contributed by atoms with Gasteiger partial charge in [-0.15, -0.1) is 0 Å². The smallest absolute Gasteiger partial charge is 0.0678 e. The molecule has 2 unspecified atom stereocenters. The fourth-order valence-electron chi connectivity index (χ4n) is 6.82. The highest BCUT2D eigenvalue weighted by Crippen LogP contribution is 2.48. The minimum absolute atomic E-state index is 0.489. The molecule has 2 atom stereocenters. The lowest BCUT2D eigenvalue weighted by atomic mass is 10.0. The van der Waals surface area contributed by atoms with E-state index in [9.17, 15) is 0 Å². The molecule has 0 radical (unpaired) electrons. The summed E-state index contributed by atoms with van der Waals surface area (Å²) < 4.78 is 0. The van der Waals surface area contributed by atoms with Gasteiger partial charge in [-0.1, -0.05) is 132 Å². The maximum atomic E-state index is 2.49. The second kappa shape index (κ2) is 7.93. The van der Waals surface area contributed by atoms with E-state index in [1.807, 2.05) is 0 Å². The molecule has 168 valence electrons. The molecule has 0 N–H and O–H groups in total. The van der Waals surface area contributed by atoms with E-state index in [4.69, 9.17) is 0 Å². The zero-order valence-electron chi connectivity index (χ0n) is 20.2. The summed E-state index contributed by atoms with van der Waals surface area (Å²) >= 11 is 0. The van der Waals surface area contributed by atoms with Gasteiger partial charge in [0.1, 0.15) is 0 Å². The molecule has 2 aliphatic carbocycles. The van der Waals surface area contributed by atoms with E-state index >= 15 is 0 Å². The van der Waals surface area contributed by atoms with Crippen LogP contribution in [0.5, 0.6) is 0 Å². The lowest BCUT2D eigenvalue weighted by molar-refractivity contribution is 1.02. The third-order valence-electron chi connectivity index (χ3n) is 8.31. The molecular weight excluding hydrogens is 436 g/mol. The Morgan fingerprint density at radius 1 is 0.486 bits per heavy atom. The maximum Gasteiger partial charge on any atom is 0.0944 e. The van der Waals surface area contributed by atoms with Crippen LogP contribution in [0.1, 0.15) is 47.2 Å². The van der Waals surface area contributed by atoms with Crippen LogP contribution in [0, 0.1) is 0 Å². The highest BCUT2D eigenvalue weighted by Gasteiger charge is 2.41. The molecule has 0 saturated heterocycles. The molecule has 35 heavy (non-hydrogen) atoms. The molecule has 2 aliphatic rings. The van der Waals surface area contributed by atoms with Crippen LogP contribution in [-0.2, 0) is 0 Å². The van der Waals surface area contributed by atoms with Crippen molar-refractivity contribution in [3.63, 3.8) is 0 Å². The van der Waals surface area contributed by atoms with Crippen molar-refractivity contribution in [3.05, 3.63) is 137 Å². The fraction of sp³-hybridized carbons (Fsp3) is 0.118. The Balaban J connectivity index is 1.46. The number of rotatable bonds is 3. The van der Waals surface area contributed by atoms with E-state index in [-0.39, 0.29) is 0 Å². The summed E-state index contributed by atoms with van der Waals surface area (Å²) in [6.07, 6.45) is 4.97. The zero-order chi connectivity index (χ0) is 23.5. The lowest BCUT2D eigenvalue weighted by Crippen LogP contribution is -2.43. The predicted octanol–water partition coefficient (Wildman–Crippen LogP) is 7.91. The molecule has 5 aromatic carbocycles. The normalized spacial score (nSPS) is 19.4. The monoisotopic (exact) mass is 464 g/mol. The summed E-state index contributed by atoms with van der Waals surface area (Å²) in [6.45, 7) is 4.75. The van der Waals surface area contributed by atoms with Crippen LogP contribution in [0.2, 0.25) is 0 Å². The second-order valence-electron chi connectivity index (χ2n) is 10.2. The van der Waals surface area contributed by atoms with Crippen LogP contribution >= 0.6 is 0 Å². The van der Waals surface area contributed by atoms with Gasteiger partial charge in [0, 0.05) is 11.1 Å². The van der Waals surface area contributed by atoms with Gasteiger partial charge in [-0.25, -0.2) is 0 Å². The number of fused-ring (bicyclic) bond motifs is 6. The first-order valence-corrected chi connectivity index (χ1v) is 14.6. The van der Waals surface area contributed by atoms with E-state index in [2.05, 4.69) is 129 Å². The first-order chi connectivity index (χ1) is 17.2. The van der Waals surface area contributed by atoms with Crippen molar-refractivity contribution in [1.29, 1.82) is 0 Å². The summed E-state index contributed by atoms with van der Waals surface area (Å²) in [6, 6.07) is 38.7. The van der Waals surface area contributed by atoms with Gasteiger partial charge < -0.3 is 0 Å². The summed E-state index contributed by atoms with van der Waals surface area (Å²) in [4.78, 5) is 0. The molecule has 0 bridgehead atoms. The summed E-state index contributed by atoms with van der Waals surface area (Å²) in [5.74, 6) is 0. The van der Waals surface area contributed by atoms with Crippen LogP contribution in [0.4, 0.5) is 0 Å². The molecule has 0 aliphatic heterocycles. The Kier molecular flexibility index (Phi) is 4.68. The van der Waals surface area contributed by atoms with E-state index in [0.717, 1.165) is 0 Å². The molecule has 5 aromatic rings. The number of allylic oxidation sites excluding steroid dienone is 2. The van der Waals surface area contributed by atoms with E-state index in [1.165, 1.54) is 54.9 Å². The summed E-state index contributed by atoms with van der Waals surface area (Å²) in [7, 11) is -1.58. The molecule has 0 heterocycles. The van der Waals surface area contributed by atoms with E-state index in [1.54, 1.807) is 5.19 Å². The van der Waals surface area contributed by atoms with Gasteiger partial charge in [0.25, 0.3) is 0 Å². The summed E-state index contributed by atoms with van der Waals surface area (Å²) in [5.41, 5.74) is 9.98. The van der Waals surface area contributed by atoms with Crippen molar-refractivity contribution < 1.29 is 0 Å². The standard InChI is InChI=1S/C34H28Si/c1-22-20-31-27-14-8-6-10-24(27)16-18-29(31)33(22)35(26-12-4-3-5-13-26)34-23(2)21-32-28-15-9-7-11-25(28)17-19-30(32)34/h3-21,33-35H,1-2H3. The minimum atomic E-state index is -1.58. The van der Waals surface area contributed by atoms with Gasteiger partial charge in [0.2, 0.25) is 0 Å². The topological polar surface area (TPSA) is 0 Å². The zero-order valence-corrected chi connectivity index (χ0v) is 21.4. The van der Waals surface area contributed by atoms with Crippen LogP contribution in [0.15, 0.2) is 114 Å². The van der Waals surface area contributed by atoms with Gasteiger partial charge in [-0.2, -0.15) is 0 Å². The van der Waals surface area contributed by atoms with Crippen LogP contribution in [0.25, 0.3) is 33.7 Å². The Morgan fingerprint density at radius 2 is 0.943 bits per heavy atom. The van der Waals surface area contributed by atoms with Gasteiger partial charge >= 0.3 is 0 Å². The first-order valence-electron chi connectivity index (χ1n) is 12.7. The number of hydrogen-bond donors (Lipinski definition) is 0. The van der Waals surface area contributed by atoms with E-state index in [0.29, 0.717) is 11.1 Å². The molecule has 0 saturated carbocycles. The Labute approximate surface area is 208 Å². The summed E-state index contributed by atoms with van der Waals surface area (Å²) in [5, 5.41) is 7.01. The fourth-order valence-corrected chi connectivity index (χ4v) is 11.3. The minimum Gasteiger partial charge on any atom is -0.0678 e. The highest BCUT2D eigenvalue weighted by atomic mass is 28.3. The molecular formula is C34H28Si. The molecule has 0 amide bonds. The third kappa shape index (κ3) is 3.12. The maximum absolute atomic E-state index is 2.49. The molecule has 7 rings (SSSR count). The number of benzene rings is 5. The van der Waals surface area contributed by atoms with Crippen molar-refractivity contribution in [2.75, 3.05) is 0 Å². The average Bonchev–Trinajstić information content (AvgIpc) is 3.42. The van der Waals surface area contributed by atoms with E-state index < -0.39 is 8.80 Å². The quantitative estimate of drug-likeness (QED) is 0.238. The average molecular weight is 465 g/mol. The Bertz CT molecular complexity index is 1560. The first kappa shape index (κ1) is 20.7. The number of hydrogen-bond acceptors (Lipinski definition) is 0. The molecule has 0 aromatic heterocycles.